The number of amides is 2. The lowest BCUT2D eigenvalue weighted by Crippen LogP contribution is -2.47. The number of rotatable bonds is 10. The number of hydrogen-bond donors (Lipinski definition) is 3. The van der Waals surface area contributed by atoms with Gasteiger partial charge in [0.1, 0.15) is 0 Å². The minimum absolute atomic E-state index is 0.0194. The van der Waals surface area contributed by atoms with Crippen LogP contribution in [0.2, 0.25) is 0 Å². The maximum atomic E-state index is 12.7. The summed E-state index contributed by atoms with van der Waals surface area (Å²) in [6.07, 6.45) is 0. The molecule has 0 unspecified atom stereocenters. The summed E-state index contributed by atoms with van der Waals surface area (Å²) in [6, 6.07) is 0. The third-order valence-corrected chi connectivity index (χ3v) is 4.74. The summed E-state index contributed by atoms with van der Waals surface area (Å²) >= 11 is 1.23. The molecule has 30 heavy (non-hydrogen) atoms. The van der Waals surface area contributed by atoms with Gasteiger partial charge in [0.05, 0.1) is 12.3 Å². The first-order valence-corrected chi connectivity index (χ1v) is 11.0. The molecular weight excluding hydrogens is 406 g/mol. The number of likely N-dealkylation sites (N-methyl/N-ethyl adjacent to an activating group) is 1. The molecule has 2 rings (SSSR count). The molecule has 0 saturated carbocycles. The number of hydrogen-bond acceptors (Lipinski definition) is 9. The highest BCUT2D eigenvalue weighted by Crippen LogP contribution is 2.21. The highest BCUT2D eigenvalue weighted by Gasteiger charge is 2.21. The van der Waals surface area contributed by atoms with Crippen LogP contribution in [0.25, 0.3) is 5.78 Å². The monoisotopic (exact) mass is 437 g/mol. The summed E-state index contributed by atoms with van der Waals surface area (Å²) in [6.45, 7) is 13.3. The van der Waals surface area contributed by atoms with Crippen molar-refractivity contribution in [3.05, 3.63) is 0 Å². The first kappa shape index (κ1) is 23.6. The Balaban J connectivity index is 2.12. The molecule has 0 fully saturated rings. The number of anilines is 2. The van der Waals surface area contributed by atoms with E-state index in [0.29, 0.717) is 42.5 Å². The molecule has 11 nitrogen and oxygen atoms in total. The van der Waals surface area contributed by atoms with Gasteiger partial charge in [-0.1, -0.05) is 11.8 Å². The number of carbonyl (C=O) groups excluding carboxylic acids is 2. The number of thioether (sulfide) groups is 1. The van der Waals surface area contributed by atoms with Crippen molar-refractivity contribution in [2.45, 2.75) is 52.2 Å². The molecule has 2 heterocycles. The Hall–Kier alpha value is -2.63. The van der Waals surface area contributed by atoms with Crippen LogP contribution in [0, 0.1) is 0 Å². The molecule has 0 spiro atoms. The van der Waals surface area contributed by atoms with Crippen molar-refractivity contribution in [1.29, 1.82) is 0 Å². The lowest BCUT2D eigenvalue weighted by atomic mass is 10.1. The summed E-state index contributed by atoms with van der Waals surface area (Å²) < 4.78 is 1.69. The average Bonchev–Trinajstić information content (AvgIpc) is 3.06. The van der Waals surface area contributed by atoms with Crippen molar-refractivity contribution in [2.75, 3.05) is 42.6 Å². The Morgan fingerprint density at radius 3 is 2.37 bits per heavy atom. The van der Waals surface area contributed by atoms with E-state index in [9.17, 15) is 9.59 Å². The van der Waals surface area contributed by atoms with Gasteiger partial charge in [-0.3, -0.25) is 9.59 Å². The Labute approximate surface area is 180 Å². The third-order valence-electron chi connectivity index (χ3n) is 3.82. The van der Waals surface area contributed by atoms with Gasteiger partial charge < -0.3 is 20.9 Å². The van der Waals surface area contributed by atoms with Crippen LogP contribution in [0.15, 0.2) is 5.16 Å². The van der Waals surface area contributed by atoms with Crippen LogP contribution in [-0.2, 0) is 9.59 Å². The van der Waals surface area contributed by atoms with Gasteiger partial charge in [-0.25, -0.2) is 4.40 Å². The zero-order valence-corrected chi connectivity index (χ0v) is 19.3. The van der Waals surface area contributed by atoms with Crippen molar-refractivity contribution in [1.82, 2.24) is 34.8 Å². The largest absolute Gasteiger partial charge is 0.355 e. The van der Waals surface area contributed by atoms with Crippen molar-refractivity contribution in [3.8, 4) is 0 Å². The van der Waals surface area contributed by atoms with Gasteiger partial charge in [-0.05, 0) is 41.5 Å². The van der Waals surface area contributed by atoms with E-state index in [1.165, 1.54) is 16.7 Å². The predicted molar refractivity (Wildman–Crippen MR) is 118 cm³/mol. The second-order valence-electron chi connectivity index (χ2n) is 7.54. The summed E-state index contributed by atoms with van der Waals surface area (Å²) in [5.74, 6) is 1.19. The van der Waals surface area contributed by atoms with Crippen molar-refractivity contribution >= 4 is 41.3 Å². The number of nitrogens with zero attached hydrogens (tertiary/aromatic N) is 6. The number of nitrogens with one attached hydrogen (secondary N) is 3. The van der Waals surface area contributed by atoms with Gasteiger partial charge in [0.15, 0.2) is 5.16 Å². The predicted octanol–water partition coefficient (Wildman–Crippen LogP) is 1.24. The van der Waals surface area contributed by atoms with Crippen LogP contribution in [0.4, 0.5) is 11.9 Å². The van der Waals surface area contributed by atoms with E-state index in [0.717, 1.165) is 0 Å². The van der Waals surface area contributed by atoms with Gasteiger partial charge in [-0.2, -0.15) is 9.97 Å². The molecule has 0 saturated heterocycles. The minimum Gasteiger partial charge on any atom is -0.355 e. The van der Waals surface area contributed by atoms with E-state index in [-0.39, 0.29) is 29.7 Å². The minimum atomic E-state index is -0.344. The van der Waals surface area contributed by atoms with E-state index in [2.05, 4.69) is 36.1 Å². The molecule has 12 heteroatoms. The maximum Gasteiger partial charge on any atom is 0.261 e. The van der Waals surface area contributed by atoms with Crippen molar-refractivity contribution in [3.63, 3.8) is 0 Å². The molecule has 166 valence electrons. The molecule has 0 aliphatic rings. The van der Waals surface area contributed by atoms with Crippen LogP contribution >= 0.6 is 11.8 Å². The van der Waals surface area contributed by atoms with E-state index in [1.807, 2.05) is 41.5 Å². The van der Waals surface area contributed by atoms with Gasteiger partial charge in [0.2, 0.25) is 23.7 Å². The highest BCUT2D eigenvalue weighted by atomic mass is 32.2. The highest BCUT2D eigenvalue weighted by molar-refractivity contribution is 7.99. The van der Waals surface area contributed by atoms with Gasteiger partial charge >= 0.3 is 0 Å². The fourth-order valence-corrected chi connectivity index (χ4v) is 3.45. The van der Waals surface area contributed by atoms with Crippen LogP contribution in [0.5, 0.6) is 0 Å². The van der Waals surface area contributed by atoms with E-state index < -0.39 is 0 Å². The first-order chi connectivity index (χ1) is 14.2. The lowest BCUT2D eigenvalue weighted by Gasteiger charge is -2.25. The van der Waals surface area contributed by atoms with E-state index in [4.69, 9.17) is 0 Å². The Morgan fingerprint density at radius 2 is 1.77 bits per heavy atom. The Morgan fingerprint density at radius 1 is 1.07 bits per heavy atom. The fraction of sp³-hybridized carbons (Fsp3) is 0.667. The quantitative estimate of drug-likeness (QED) is 0.470. The lowest BCUT2D eigenvalue weighted by molar-refractivity contribution is -0.134. The molecule has 0 bridgehead atoms. The standard InChI is InChI=1S/C18H31N9O2S/c1-7-19-14-21-15(20-8-2)27-16(22-14)24-25-17(27)30-11-13(29)26(9-3)10-12(28)23-18(4,5)6/h7-11H2,1-6H3,(H,23,28)(H2,19,20,21,22,24). The molecule has 0 aliphatic heterocycles. The Bertz CT molecular complexity index is 878. The van der Waals surface area contributed by atoms with Crippen LogP contribution in [0.1, 0.15) is 41.5 Å². The molecule has 0 aliphatic carbocycles. The molecule has 2 amide bonds. The fourth-order valence-electron chi connectivity index (χ4n) is 2.62. The zero-order valence-electron chi connectivity index (χ0n) is 18.4. The SMILES string of the molecule is CCNc1nc(NCC)n2c(SCC(=O)N(CC)CC(=O)NC(C)(C)C)nnc2n1. The maximum absolute atomic E-state index is 12.7. The Kier molecular flexibility index (Phi) is 8.21. The molecular formula is C18H31N9O2S. The third kappa shape index (κ3) is 6.44. The second kappa shape index (κ2) is 10.4. The van der Waals surface area contributed by atoms with Gasteiger partial charge in [0, 0.05) is 25.2 Å². The van der Waals surface area contributed by atoms with Crippen LogP contribution < -0.4 is 16.0 Å². The van der Waals surface area contributed by atoms with Gasteiger partial charge in [0.25, 0.3) is 5.78 Å². The smallest absolute Gasteiger partial charge is 0.261 e. The summed E-state index contributed by atoms with van der Waals surface area (Å²) in [4.78, 5) is 35.2. The molecule has 0 atom stereocenters. The van der Waals surface area contributed by atoms with Crippen LogP contribution in [-0.4, -0.2) is 78.8 Å². The number of carbonyl (C=O) groups is 2. The van der Waals surface area contributed by atoms with Crippen molar-refractivity contribution < 1.29 is 9.59 Å². The molecule has 2 aromatic heterocycles. The van der Waals surface area contributed by atoms with Crippen molar-refractivity contribution in [2.24, 2.45) is 0 Å². The van der Waals surface area contributed by atoms with E-state index in [1.54, 1.807) is 4.40 Å². The summed E-state index contributed by atoms with van der Waals surface area (Å²) in [5.41, 5.74) is -0.344. The molecule has 3 N–H and O–H groups in total. The number of fused-ring (bicyclic) bond motifs is 1. The normalized spacial score (nSPS) is 11.4. The molecule has 2 aromatic rings. The first-order valence-electron chi connectivity index (χ1n) is 10.0. The zero-order chi connectivity index (χ0) is 22.3. The average molecular weight is 438 g/mol. The molecule has 0 radical (unpaired) electrons. The summed E-state index contributed by atoms with van der Waals surface area (Å²) in [5, 5.41) is 17.9. The van der Waals surface area contributed by atoms with Crippen LogP contribution in [0.3, 0.4) is 0 Å². The number of aromatic nitrogens is 5. The topological polar surface area (TPSA) is 129 Å². The molecule has 0 aromatic carbocycles. The van der Waals surface area contributed by atoms with Gasteiger partial charge in [-0.15, -0.1) is 10.2 Å². The van der Waals surface area contributed by atoms with E-state index >= 15 is 0 Å². The second-order valence-corrected chi connectivity index (χ2v) is 8.49. The summed E-state index contributed by atoms with van der Waals surface area (Å²) in [7, 11) is 0.